The third-order valence-electron chi connectivity index (χ3n) is 4.43. The van der Waals surface area contributed by atoms with Gasteiger partial charge in [0.25, 0.3) is 0 Å². The molecule has 0 saturated heterocycles. The molecule has 2 aromatic rings. The lowest BCUT2D eigenvalue weighted by atomic mass is 9.96. The summed E-state index contributed by atoms with van der Waals surface area (Å²) in [5, 5.41) is 6.38. The molecule has 3 rings (SSSR count). The van der Waals surface area contributed by atoms with Crippen molar-refractivity contribution in [2.24, 2.45) is 0 Å². The lowest BCUT2D eigenvalue weighted by molar-refractivity contribution is -0.141. The lowest BCUT2D eigenvalue weighted by Gasteiger charge is -2.23. The van der Waals surface area contributed by atoms with Gasteiger partial charge in [-0.05, 0) is 31.4 Å². The summed E-state index contributed by atoms with van der Waals surface area (Å²) in [6.07, 6.45) is 0.525. The number of benzene rings is 1. The fraction of sp³-hybridized carbons (Fsp3) is 0.444. The number of aromatic nitrogens is 2. The van der Waals surface area contributed by atoms with Crippen LogP contribution < -0.4 is 10.6 Å². The van der Waals surface area contributed by atoms with Crippen LogP contribution in [0.4, 0.5) is 30.6 Å². The van der Waals surface area contributed by atoms with Gasteiger partial charge >= 0.3 is 6.18 Å². The summed E-state index contributed by atoms with van der Waals surface area (Å²) in [5.74, 6) is 0.0424. The normalized spacial score (nSPS) is 15.7. The van der Waals surface area contributed by atoms with Crippen LogP contribution in [0.2, 0.25) is 5.02 Å². The third kappa shape index (κ3) is 4.58. The van der Waals surface area contributed by atoms with Gasteiger partial charge in [0.2, 0.25) is 5.95 Å². The van der Waals surface area contributed by atoms with Crippen molar-refractivity contribution in [1.29, 1.82) is 0 Å². The SMILES string of the molecule is Cc1cccc(Cl)c1Nc1cc(C(F)(F)F)nc(NC2CCCCC2)n1. The Kier molecular flexibility index (Phi) is 5.55. The summed E-state index contributed by atoms with van der Waals surface area (Å²) in [5.41, 5.74) is 0.356. The molecule has 1 saturated carbocycles. The maximum absolute atomic E-state index is 13.3. The average Bonchev–Trinajstić information content (AvgIpc) is 2.58. The van der Waals surface area contributed by atoms with Crippen LogP contribution in [0.1, 0.15) is 43.4 Å². The largest absolute Gasteiger partial charge is 0.433 e. The Labute approximate surface area is 155 Å². The molecule has 1 aromatic heterocycles. The lowest BCUT2D eigenvalue weighted by Crippen LogP contribution is -2.24. The number of halogens is 4. The van der Waals surface area contributed by atoms with Crippen LogP contribution in [0.15, 0.2) is 24.3 Å². The van der Waals surface area contributed by atoms with Crippen LogP contribution in [0.25, 0.3) is 0 Å². The van der Waals surface area contributed by atoms with Crippen molar-refractivity contribution in [2.45, 2.75) is 51.2 Å². The van der Waals surface area contributed by atoms with Gasteiger partial charge in [-0.25, -0.2) is 4.98 Å². The van der Waals surface area contributed by atoms with Gasteiger partial charge in [0, 0.05) is 12.1 Å². The van der Waals surface area contributed by atoms with E-state index in [0.29, 0.717) is 10.7 Å². The van der Waals surface area contributed by atoms with Gasteiger partial charge < -0.3 is 10.6 Å². The molecule has 0 radical (unpaired) electrons. The molecule has 1 aliphatic carbocycles. The van der Waals surface area contributed by atoms with Crippen LogP contribution in [0, 0.1) is 6.92 Å². The molecule has 4 nitrogen and oxygen atoms in total. The molecule has 0 bridgehead atoms. The first-order chi connectivity index (χ1) is 12.3. The predicted molar refractivity (Wildman–Crippen MR) is 97.0 cm³/mol. The van der Waals surface area contributed by atoms with E-state index in [-0.39, 0.29) is 17.8 Å². The van der Waals surface area contributed by atoms with Crippen molar-refractivity contribution in [1.82, 2.24) is 9.97 Å². The van der Waals surface area contributed by atoms with Crippen LogP contribution in [-0.4, -0.2) is 16.0 Å². The predicted octanol–water partition coefficient (Wildman–Crippen LogP) is 5.95. The van der Waals surface area contributed by atoms with E-state index in [1.54, 1.807) is 12.1 Å². The average molecular weight is 385 g/mol. The molecular formula is C18H20ClF3N4. The summed E-state index contributed by atoms with van der Waals surface area (Å²) < 4.78 is 39.8. The van der Waals surface area contributed by atoms with Crippen molar-refractivity contribution >= 4 is 29.1 Å². The Morgan fingerprint density at radius 1 is 1.12 bits per heavy atom. The summed E-state index contributed by atoms with van der Waals surface area (Å²) >= 11 is 6.16. The summed E-state index contributed by atoms with van der Waals surface area (Å²) in [7, 11) is 0. The first-order valence-electron chi connectivity index (χ1n) is 8.58. The van der Waals surface area contributed by atoms with E-state index >= 15 is 0 Å². The topological polar surface area (TPSA) is 49.8 Å². The highest BCUT2D eigenvalue weighted by molar-refractivity contribution is 6.33. The van der Waals surface area contributed by atoms with E-state index in [2.05, 4.69) is 20.6 Å². The highest BCUT2D eigenvalue weighted by Crippen LogP contribution is 2.33. The van der Waals surface area contributed by atoms with E-state index in [1.807, 2.05) is 13.0 Å². The fourth-order valence-electron chi connectivity index (χ4n) is 3.07. The standard InChI is InChI=1S/C18H20ClF3N4/c1-11-6-5-9-13(19)16(11)25-15-10-14(18(20,21)22)24-17(26-15)23-12-7-3-2-4-8-12/h5-6,9-10,12H,2-4,7-8H2,1H3,(H2,23,24,25,26). The Morgan fingerprint density at radius 3 is 2.50 bits per heavy atom. The second-order valence-corrected chi connectivity index (χ2v) is 6.90. The zero-order chi connectivity index (χ0) is 18.7. The number of anilines is 3. The number of nitrogens with zero attached hydrogens (tertiary/aromatic N) is 2. The number of alkyl halides is 3. The highest BCUT2D eigenvalue weighted by atomic mass is 35.5. The Hall–Kier alpha value is -2.02. The molecule has 0 aliphatic heterocycles. The Morgan fingerprint density at radius 2 is 1.85 bits per heavy atom. The maximum Gasteiger partial charge on any atom is 0.433 e. The fourth-order valence-corrected chi connectivity index (χ4v) is 3.34. The molecule has 2 N–H and O–H groups in total. The van der Waals surface area contributed by atoms with Crippen LogP contribution >= 0.6 is 11.6 Å². The van der Waals surface area contributed by atoms with Gasteiger partial charge in [0.05, 0.1) is 10.7 Å². The van der Waals surface area contributed by atoms with Gasteiger partial charge in [0.15, 0.2) is 5.69 Å². The third-order valence-corrected chi connectivity index (χ3v) is 4.74. The van der Waals surface area contributed by atoms with E-state index in [9.17, 15) is 13.2 Å². The summed E-state index contributed by atoms with van der Waals surface area (Å²) in [4.78, 5) is 7.89. The zero-order valence-corrected chi connectivity index (χ0v) is 15.1. The molecule has 140 valence electrons. The van der Waals surface area contributed by atoms with Crippen LogP contribution in [0.3, 0.4) is 0 Å². The van der Waals surface area contributed by atoms with Crippen molar-refractivity contribution in [3.05, 3.63) is 40.5 Å². The molecule has 1 aliphatic rings. The van der Waals surface area contributed by atoms with Crippen LogP contribution in [0.5, 0.6) is 0 Å². The molecule has 1 aromatic carbocycles. The van der Waals surface area contributed by atoms with E-state index in [1.165, 1.54) is 0 Å². The number of rotatable bonds is 4. The molecule has 0 atom stereocenters. The quantitative estimate of drug-likeness (QED) is 0.684. The molecular weight excluding hydrogens is 365 g/mol. The van der Waals surface area contributed by atoms with Gasteiger partial charge in [-0.2, -0.15) is 18.2 Å². The molecule has 0 spiro atoms. The number of para-hydroxylation sites is 1. The van der Waals surface area contributed by atoms with Gasteiger partial charge in [-0.3, -0.25) is 0 Å². The summed E-state index contributed by atoms with van der Waals surface area (Å²) in [6, 6.07) is 6.27. The second kappa shape index (κ2) is 7.70. The summed E-state index contributed by atoms with van der Waals surface area (Å²) in [6.45, 7) is 1.82. The van der Waals surface area contributed by atoms with Crippen molar-refractivity contribution in [2.75, 3.05) is 10.6 Å². The monoisotopic (exact) mass is 384 g/mol. The highest BCUT2D eigenvalue weighted by Gasteiger charge is 2.34. The van der Waals surface area contributed by atoms with E-state index < -0.39 is 11.9 Å². The number of nitrogens with one attached hydrogen (secondary N) is 2. The van der Waals surface area contributed by atoms with Gasteiger partial charge in [0.1, 0.15) is 5.82 Å². The number of hydrogen-bond donors (Lipinski definition) is 2. The van der Waals surface area contributed by atoms with Gasteiger partial charge in [-0.1, -0.05) is 43.0 Å². The van der Waals surface area contributed by atoms with Crippen molar-refractivity contribution in [3.63, 3.8) is 0 Å². The van der Waals surface area contributed by atoms with Crippen molar-refractivity contribution < 1.29 is 13.2 Å². The molecule has 1 heterocycles. The first kappa shape index (κ1) is 18.8. The first-order valence-corrected chi connectivity index (χ1v) is 8.95. The molecule has 26 heavy (non-hydrogen) atoms. The zero-order valence-electron chi connectivity index (χ0n) is 14.3. The van der Waals surface area contributed by atoms with Gasteiger partial charge in [-0.15, -0.1) is 0 Å². The maximum atomic E-state index is 13.3. The minimum atomic E-state index is -4.56. The number of aryl methyl sites for hydroxylation is 1. The Bertz CT molecular complexity index is 753. The van der Waals surface area contributed by atoms with E-state index in [4.69, 9.17) is 11.6 Å². The molecule has 1 fully saturated rings. The number of hydrogen-bond acceptors (Lipinski definition) is 4. The minimum Gasteiger partial charge on any atom is -0.351 e. The second-order valence-electron chi connectivity index (χ2n) is 6.50. The van der Waals surface area contributed by atoms with Crippen LogP contribution in [-0.2, 0) is 6.18 Å². The molecule has 0 unspecified atom stereocenters. The molecule has 8 heteroatoms. The Balaban J connectivity index is 1.92. The molecule has 0 amide bonds. The van der Waals surface area contributed by atoms with Crippen molar-refractivity contribution in [3.8, 4) is 0 Å². The minimum absolute atomic E-state index is 0.0149. The van der Waals surface area contributed by atoms with E-state index in [0.717, 1.165) is 43.7 Å². The smallest absolute Gasteiger partial charge is 0.351 e.